The standard InChI is InChI=1S/C45H29N3.C27H18ClN3.C24H23BO2.C4H8O/c1-3-13-30(14-4-1)32-17-11-19-34(27-32)43-46-44(35-20-12-18-33(28-35)31-15-5-2-6-16-31)48-45(47-43)36-25-26-41-39-23-8-7-21-37(39)38-22-9-10-24-40(38)42(41)29-36;28-27-30-25(23-15-7-13-21(17-23)19-9-3-1-4-10-19)29-26(31-27)24-16-8-14-22(18-24)20-11-5-2-6-12-20;1-23(2)24(3,4)27-25(26-23)16-13-14-21-19-11-6-5-9-17(19)18-10-7-8-12-20(18)22(21)15-16;1-2-4-5-3-1/h1-29H;1-18H;5-15H,1-4H3;1-4H2. The molecule has 0 aliphatic carbocycles. The van der Waals surface area contributed by atoms with E-state index in [4.69, 9.17) is 45.6 Å². The second kappa shape index (κ2) is 31.5. The van der Waals surface area contributed by atoms with Crippen molar-refractivity contribution >= 4 is 88.8 Å². The summed E-state index contributed by atoms with van der Waals surface area (Å²) in [5.41, 5.74) is 14.0. The predicted octanol–water partition coefficient (Wildman–Crippen LogP) is 25.1. The fraction of sp³-hybridized carbons (Fsp3) is 0.100. The molecule has 0 bridgehead atoms. The van der Waals surface area contributed by atoms with Crippen LogP contribution in [0.3, 0.4) is 0 Å². The number of rotatable bonds is 10. The molecule has 0 amide bonds. The maximum Gasteiger partial charge on any atom is 0.494 e. The van der Waals surface area contributed by atoms with E-state index in [0.717, 1.165) is 91.0 Å². The second-order valence-electron chi connectivity index (χ2n) is 29.0. The van der Waals surface area contributed by atoms with Crippen LogP contribution in [0.2, 0.25) is 5.28 Å². The van der Waals surface area contributed by atoms with E-state index in [0.29, 0.717) is 29.1 Å². The van der Waals surface area contributed by atoms with Crippen molar-refractivity contribution in [3.05, 3.63) is 357 Å². The summed E-state index contributed by atoms with van der Waals surface area (Å²) in [6, 6.07) is 122. The van der Waals surface area contributed by atoms with Crippen molar-refractivity contribution in [3.8, 4) is 101 Å². The molecular weight excluding hydrogens is 1380 g/mol. The zero-order chi connectivity index (χ0) is 75.3. The van der Waals surface area contributed by atoms with Crippen LogP contribution in [0.1, 0.15) is 40.5 Å². The molecule has 2 fully saturated rings. The van der Waals surface area contributed by atoms with E-state index in [1.807, 2.05) is 72.8 Å². The Morgan fingerprint density at radius 2 is 0.477 bits per heavy atom. The summed E-state index contributed by atoms with van der Waals surface area (Å²) in [5, 5.41) is 15.2. The number of nitrogens with zero attached hydrogens (tertiary/aromatic N) is 6. The quantitative estimate of drug-likeness (QED) is 0.0978. The SMILES string of the molecule is C1CCOC1.CC1(C)OB(c2ccc3c4ccccc4c4ccccc4c3c2)OC1(C)C.Clc1nc(-c2cccc(-c3ccccc3)c2)nc(-c2cccc(-c3ccccc3)c2)n1.c1ccc(-c2cccc(-c3nc(-c4cccc(-c5ccccc5)c4)nc(-c4ccc5c6ccccc6c6ccccc6c5c4)n3)c2)cc1. The van der Waals surface area contributed by atoms with Crippen LogP contribution in [-0.2, 0) is 14.0 Å². The Bertz CT molecular complexity index is 6130. The monoisotopic (exact) mass is 1460 g/mol. The molecule has 2 aliphatic rings. The fourth-order valence-corrected chi connectivity index (χ4v) is 15.0. The van der Waals surface area contributed by atoms with Crippen LogP contribution >= 0.6 is 11.6 Å². The van der Waals surface area contributed by atoms with E-state index in [9.17, 15) is 0 Å². The Hall–Kier alpha value is -12.7. The van der Waals surface area contributed by atoms with E-state index in [2.05, 4.69) is 317 Å². The third-order valence-electron chi connectivity index (χ3n) is 21.3. The molecule has 0 spiro atoms. The summed E-state index contributed by atoms with van der Waals surface area (Å²) in [5.74, 6) is 3.03. The topological polar surface area (TPSA) is 105 Å². The zero-order valence-electron chi connectivity index (χ0n) is 62.2. The first-order chi connectivity index (χ1) is 54.4. The molecule has 2 aromatic heterocycles. The molecule has 111 heavy (non-hydrogen) atoms. The molecule has 16 aromatic carbocycles. The number of fused-ring (bicyclic) bond motifs is 12. The molecule has 0 N–H and O–H groups in total. The van der Waals surface area contributed by atoms with Gasteiger partial charge in [-0.1, -0.05) is 322 Å². The van der Waals surface area contributed by atoms with E-state index in [1.54, 1.807) is 0 Å². The molecule has 0 unspecified atom stereocenters. The lowest BCUT2D eigenvalue weighted by molar-refractivity contribution is 0.00578. The van der Waals surface area contributed by atoms with Gasteiger partial charge in [-0.3, -0.25) is 0 Å². The van der Waals surface area contributed by atoms with Gasteiger partial charge >= 0.3 is 7.12 Å². The summed E-state index contributed by atoms with van der Waals surface area (Å²) in [6.07, 6.45) is 2.56. The molecule has 2 aliphatic heterocycles. The van der Waals surface area contributed by atoms with Crippen LogP contribution in [-0.4, -0.2) is 61.4 Å². The minimum atomic E-state index is -0.343. The Labute approximate surface area is 652 Å². The van der Waals surface area contributed by atoms with Crippen LogP contribution in [0.25, 0.3) is 166 Å². The van der Waals surface area contributed by atoms with Crippen LogP contribution in [0.15, 0.2) is 352 Å². The Kier molecular flexibility index (Phi) is 20.2. The largest absolute Gasteiger partial charge is 0.494 e. The number of hydrogen-bond acceptors (Lipinski definition) is 9. The van der Waals surface area contributed by atoms with Crippen molar-refractivity contribution in [2.24, 2.45) is 0 Å². The molecule has 11 heteroatoms. The molecule has 536 valence electrons. The van der Waals surface area contributed by atoms with Crippen molar-refractivity contribution in [1.29, 1.82) is 0 Å². The highest BCUT2D eigenvalue weighted by molar-refractivity contribution is 6.62. The van der Waals surface area contributed by atoms with Gasteiger partial charge in [-0.15, -0.1) is 0 Å². The third kappa shape index (κ3) is 15.2. The second-order valence-corrected chi connectivity index (χ2v) is 29.3. The Morgan fingerprint density at radius 3 is 0.784 bits per heavy atom. The average Bonchev–Trinajstić information content (AvgIpc) is 1.06. The number of aromatic nitrogens is 6. The first-order valence-electron chi connectivity index (χ1n) is 37.8. The minimum Gasteiger partial charge on any atom is -0.399 e. The number of hydrogen-bond donors (Lipinski definition) is 0. The predicted molar refractivity (Wildman–Crippen MR) is 461 cm³/mol. The van der Waals surface area contributed by atoms with Gasteiger partial charge in [0.1, 0.15) is 0 Å². The molecule has 0 atom stereocenters. The zero-order valence-corrected chi connectivity index (χ0v) is 62.9. The molecule has 20 rings (SSSR count). The summed E-state index contributed by atoms with van der Waals surface area (Å²) in [6.45, 7) is 10.4. The summed E-state index contributed by atoms with van der Waals surface area (Å²) >= 11 is 6.30. The lowest BCUT2D eigenvalue weighted by Crippen LogP contribution is -2.41. The van der Waals surface area contributed by atoms with Gasteiger partial charge in [0.2, 0.25) is 5.28 Å². The highest BCUT2D eigenvalue weighted by Gasteiger charge is 2.51. The Morgan fingerprint density at radius 1 is 0.234 bits per heavy atom. The molecule has 2 saturated heterocycles. The van der Waals surface area contributed by atoms with Gasteiger partial charge in [0.15, 0.2) is 29.1 Å². The number of halogens is 1. The maximum atomic E-state index is 6.30. The van der Waals surface area contributed by atoms with Gasteiger partial charge in [0.05, 0.1) is 11.2 Å². The van der Waals surface area contributed by atoms with Crippen molar-refractivity contribution in [3.63, 3.8) is 0 Å². The van der Waals surface area contributed by atoms with Gasteiger partial charge < -0.3 is 14.0 Å². The normalized spacial score (nSPS) is 13.5. The maximum absolute atomic E-state index is 6.30. The summed E-state index contributed by atoms with van der Waals surface area (Å²) in [7, 11) is -0.343. The van der Waals surface area contributed by atoms with Gasteiger partial charge in [-0.2, -0.15) is 9.97 Å². The van der Waals surface area contributed by atoms with Gasteiger partial charge in [-0.05, 0) is 197 Å². The van der Waals surface area contributed by atoms with Crippen molar-refractivity contribution < 1.29 is 14.0 Å². The fourth-order valence-electron chi connectivity index (χ4n) is 14.9. The summed E-state index contributed by atoms with van der Waals surface area (Å²) in [4.78, 5) is 28.9. The molecule has 0 saturated carbocycles. The molecule has 4 heterocycles. The van der Waals surface area contributed by atoms with Crippen LogP contribution < -0.4 is 5.46 Å². The van der Waals surface area contributed by atoms with Crippen molar-refractivity contribution in [2.45, 2.75) is 51.7 Å². The first kappa shape index (κ1) is 71.3. The van der Waals surface area contributed by atoms with Crippen LogP contribution in [0.4, 0.5) is 0 Å². The highest BCUT2D eigenvalue weighted by atomic mass is 35.5. The smallest absolute Gasteiger partial charge is 0.399 e. The van der Waals surface area contributed by atoms with E-state index < -0.39 is 0 Å². The molecule has 9 nitrogen and oxygen atoms in total. The average molecular weight is 1460 g/mol. The Balaban J connectivity index is 0.000000123. The van der Waals surface area contributed by atoms with E-state index in [1.165, 1.54) is 77.5 Å². The van der Waals surface area contributed by atoms with Crippen molar-refractivity contribution in [2.75, 3.05) is 13.2 Å². The van der Waals surface area contributed by atoms with Gasteiger partial charge in [0.25, 0.3) is 0 Å². The van der Waals surface area contributed by atoms with E-state index in [-0.39, 0.29) is 23.6 Å². The van der Waals surface area contributed by atoms with E-state index >= 15 is 0 Å². The summed E-state index contributed by atoms with van der Waals surface area (Å²) < 4.78 is 17.5. The first-order valence-corrected chi connectivity index (χ1v) is 38.2. The lowest BCUT2D eigenvalue weighted by atomic mass is 9.77. The molecule has 0 radical (unpaired) electrons. The van der Waals surface area contributed by atoms with Gasteiger partial charge in [0, 0.05) is 41.0 Å². The third-order valence-corrected chi connectivity index (χ3v) is 21.4. The minimum absolute atomic E-state index is 0.176. The lowest BCUT2D eigenvalue weighted by Gasteiger charge is -2.32. The van der Waals surface area contributed by atoms with Crippen LogP contribution in [0.5, 0.6) is 0 Å². The molecular formula is C100H78BClN6O3. The number of ether oxygens (including phenoxy) is 1. The van der Waals surface area contributed by atoms with Crippen LogP contribution in [0, 0.1) is 0 Å². The van der Waals surface area contributed by atoms with Crippen molar-refractivity contribution in [1.82, 2.24) is 29.9 Å². The number of benzene rings is 16. The highest BCUT2D eigenvalue weighted by Crippen LogP contribution is 2.41. The molecule has 18 aromatic rings. The van der Waals surface area contributed by atoms with Gasteiger partial charge in [-0.25, -0.2) is 19.9 Å².